The fourth-order valence-corrected chi connectivity index (χ4v) is 6.62. The van der Waals surface area contributed by atoms with Gasteiger partial charge in [0.2, 0.25) is 0 Å². The van der Waals surface area contributed by atoms with E-state index in [4.69, 9.17) is 4.98 Å². The van der Waals surface area contributed by atoms with E-state index in [1.807, 2.05) is 30.3 Å². The van der Waals surface area contributed by atoms with Crippen LogP contribution in [0.3, 0.4) is 0 Å². The van der Waals surface area contributed by atoms with Gasteiger partial charge < -0.3 is 10.2 Å². The van der Waals surface area contributed by atoms with Crippen molar-refractivity contribution < 1.29 is 10.2 Å². The molecule has 4 aromatic carbocycles. The largest absolute Gasteiger partial charge is 0.508 e. The second kappa shape index (κ2) is 10.6. The van der Waals surface area contributed by atoms with Gasteiger partial charge in [-0.1, -0.05) is 48.5 Å². The van der Waals surface area contributed by atoms with Crippen molar-refractivity contribution in [1.29, 1.82) is 0 Å². The third-order valence-corrected chi connectivity index (χ3v) is 8.91. The Morgan fingerprint density at radius 1 is 0.854 bits per heavy atom. The third kappa shape index (κ3) is 5.05. The molecule has 6 heteroatoms. The van der Waals surface area contributed by atoms with Crippen molar-refractivity contribution in [3.05, 3.63) is 109 Å². The van der Waals surface area contributed by atoms with Crippen LogP contribution in [-0.2, 0) is 6.54 Å². The Morgan fingerprint density at radius 2 is 1.61 bits per heavy atom. The summed E-state index contributed by atoms with van der Waals surface area (Å²) in [5.41, 5.74) is 6.70. The standard InChI is InChI=1S/C35H34N4O2/c40-22-28-20-35(28)17-4-18-38(23-35)21-25-7-9-26(10-8-25)27-11-16-33-32(19-27)34(37-24-36-33)39(29-5-2-1-3-6-29)30-12-14-31(41)15-13-30/h1-3,5-16,19,24,28,40-41H,4,17-18,20-23H2. The lowest BCUT2D eigenvalue weighted by atomic mass is 9.92. The molecule has 206 valence electrons. The molecule has 6 nitrogen and oxygen atoms in total. The van der Waals surface area contributed by atoms with Crippen molar-refractivity contribution in [2.75, 3.05) is 24.6 Å². The number of aliphatic hydroxyl groups is 1. The van der Waals surface area contributed by atoms with Gasteiger partial charge in [-0.25, -0.2) is 9.97 Å². The monoisotopic (exact) mass is 542 g/mol. The van der Waals surface area contributed by atoms with Crippen molar-refractivity contribution >= 4 is 28.1 Å². The minimum Gasteiger partial charge on any atom is -0.508 e. The highest BCUT2D eigenvalue weighted by Crippen LogP contribution is 2.57. The van der Waals surface area contributed by atoms with Crippen molar-refractivity contribution in [1.82, 2.24) is 14.9 Å². The summed E-state index contributed by atoms with van der Waals surface area (Å²) in [4.78, 5) is 14.0. The van der Waals surface area contributed by atoms with Crippen LogP contribution in [0, 0.1) is 11.3 Å². The van der Waals surface area contributed by atoms with Crippen LogP contribution in [0.4, 0.5) is 17.2 Å². The molecule has 2 heterocycles. The molecule has 0 amide bonds. The van der Waals surface area contributed by atoms with Crippen LogP contribution in [0.1, 0.15) is 24.8 Å². The zero-order chi connectivity index (χ0) is 27.8. The molecular weight excluding hydrogens is 508 g/mol. The van der Waals surface area contributed by atoms with Crippen LogP contribution in [0.5, 0.6) is 5.75 Å². The topological polar surface area (TPSA) is 72.7 Å². The Balaban J connectivity index is 1.19. The van der Waals surface area contributed by atoms with E-state index in [9.17, 15) is 10.2 Å². The molecular formula is C35H34N4O2. The van der Waals surface area contributed by atoms with E-state index < -0.39 is 0 Å². The predicted octanol–water partition coefficient (Wildman–Crippen LogP) is 7.07. The lowest BCUT2D eigenvalue weighted by Crippen LogP contribution is -2.37. The van der Waals surface area contributed by atoms with E-state index in [2.05, 4.69) is 69.4 Å². The van der Waals surface area contributed by atoms with E-state index in [0.29, 0.717) is 17.9 Å². The summed E-state index contributed by atoms with van der Waals surface area (Å²) in [7, 11) is 0. The lowest BCUT2D eigenvalue weighted by molar-refractivity contribution is 0.130. The SMILES string of the molecule is OCC1CC12CCCN(Cc1ccc(-c3ccc4ncnc(N(c5ccccc5)c5ccc(O)cc5)c4c3)cc1)C2. The molecule has 2 atom stereocenters. The zero-order valence-electron chi connectivity index (χ0n) is 23.0. The van der Waals surface area contributed by atoms with E-state index in [1.54, 1.807) is 18.5 Å². The molecule has 1 saturated heterocycles. The first-order chi connectivity index (χ1) is 20.1. The number of phenols is 1. The summed E-state index contributed by atoms with van der Waals surface area (Å²) >= 11 is 0. The smallest absolute Gasteiger partial charge is 0.148 e. The van der Waals surface area contributed by atoms with Gasteiger partial charge in [-0.2, -0.15) is 0 Å². The van der Waals surface area contributed by atoms with Crippen molar-refractivity contribution in [2.45, 2.75) is 25.8 Å². The zero-order valence-corrected chi connectivity index (χ0v) is 23.0. The average molecular weight is 543 g/mol. The van der Waals surface area contributed by atoms with Crippen LogP contribution in [-0.4, -0.2) is 44.8 Å². The van der Waals surface area contributed by atoms with Gasteiger partial charge in [0.05, 0.1) is 5.52 Å². The predicted molar refractivity (Wildman–Crippen MR) is 163 cm³/mol. The maximum absolute atomic E-state index is 9.92. The molecule has 1 aliphatic heterocycles. The number of anilines is 3. The van der Waals surface area contributed by atoms with Crippen LogP contribution in [0.15, 0.2) is 103 Å². The van der Waals surface area contributed by atoms with E-state index in [0.717, 1.165) is 58.9 Å². The molecule has 0 radical (unpaired) electrons. The number of aromatic nitrogens is 2. The summed E-state index contributed by atoms with van der Waals surface area (Å²) in [6, 6.07) is 32.6. The van der Waals surface area contributed by atoms with E-state index in [-0.39, 0.29) is 5.75 Å². The average Bonchev–Trinajstić information content (AvgIpc) is 3.69. The number of benzene rings is 4. The summed E-state index contributed by atoms with van der Waals surface area (Å²) in [5, 5.41) is 20.5. The van der Waals surface area contributed by atoms with Crippen molar-refractivity contribution in [2.24, 2.45) is 11.3 Å². The van der Waals surface area contributed by atoms with Gasteiger partial charge in [0.1, 0.15) is 17.9 Å². The van der Waals surface area contributed by atoms with E-state index in [1.165, 1.54) is 24.8 Å². The number of nitrogens with zero attached hydrogens (tertiary/aromatic N) is 4. The number of piperidine rings is 1. The fraction of sp³-hybridized carbons (Fsp3) is 0.257. The molecule has 7 rings (SSSR count). The molecule has 2 aliphatic rings. The lowest BCUT2D eigenvalue weighted by Gasteiger charge is -2.33. The Hall–Kier alpha value is -4.26. The summed E-state index contributed by atoms with van der Waals surface area (Å²) in [6.45, 7) is 3.52. The molecule has 1 spiro atoms. The minimum absolute atomic E-state index is 0.224. The highest BCUT2D eigenvalue weighted by molar-refractivity contribution is 5.97. The van der Waals surface area contributed by atoms with Crippen LogP contribution < -0.4 is 4.90 Å². The van der Waals surface area contributed by atoms with Gasteiger partial charge >= 0.3 is 0 Å². The Morgan fingerprint density at radius 3 is 2.37 bits per heavy atom. The maximum Gasteiger partial charge on any atom is 0.148 e. The first-order valence-corrected chi connectivity index (χ1v) is 14.4. The number of rotatable bonds is 7. The number of para-hydroxylation sites is 1. The van der Waals surface area contributed by atoms with Gasteiger partial charge in [0.25, 0.3) is 0 Å². The Bertz CT molecular complexity index is 1660. The molecule has 1 aliphatic carbocycles. The van der Waals surface area contributed by atoms with Gasteiger partial charge in [-0.15, -0.1) is 0 Å². The molecule has 2 fully saturated rings. The third-order valence-electron chi connectivity index (χ3n) is 8.91. The molecule has 1 saturated carbocycles. The van der Waals surface area contributed by atoms with Gasteiger partial charge in [-0.3, -0.25) is 9.80 Å². The number of likely N-dealkylation sites (tertiary alicyclic amines) is 1. The van der Waals surface area contributed by atoms with E-state index >= 15 is 0 Å². The second-order valence-corrected chi connectivity index (χ2v) is 11.6. The highest BCUT2D eigenvalue weighted by Gasteiger charge is 2.54. The van der Waals surface area contributed by atoms with Crippen molar-refractivity contribution in [3.63, 3.8) is 0 Å². The minimum atomic E-state index is 0.224. The fourth-order valence-electron chi connectivity index (χ4n) is 6.62. The highest BCUT2D eigenvalue weighted by atomic mass is 16.3. The Labute approximate surface area is 240 Å². The molecule has 1 aromatic heterocycles. The Kier molecular flexibility index (Phi) is 6.65. The number of fused-ring (bicyclic) bond motifs is 1. The second-order valence-electron chi connectivity index (χ2n) is 11.6. The van der Waals surface area contributed by atoms with Crippen molar-refractivity contribution in [3.8, 4) is 16.9 Å². The van der Waals surface area contributed by atoms with Gasteiger partial charge in [0, 0.05) is 36.5 Å². The summed E-state index contributed by atoms with van der Waals surface area (Å²) in [5.74, 6) is 1.51. The molecule has 41 heavy (non-hydrogen) atoms. The number of phenolic OH excluding ortho intramolecular Hbond substituents is 1. The summed E-state index contributed by atoms with van der Waals surface area (Å²) in [6.07, 6.45) is 5.27. The normalized spacial score (nSPS) is 20.4. The number of hydrogen-bond donors (Lipinski definition) is 2. The number of hydrogen-bond acceptors (Lipinski definition) is 6. The van der Waals surface area contributed by atoms with Gasteiger partial charge in [-0.05, 0) is 102 Å². The summed E-state index contributed by atoms with van der Waals surface area (Å²) < 4.78 is 0. The van der Waals surface area contributed by atoms with Crippen LogP contribution in [0.25, 0.3) is 22.0 Å². The number of aromatic hydroxyl groups is 1. The first kappa shape index (κ1) is 25.7. The van der Waals surface area contributed by atoms with Crippen LogP contribution in [0.2, 0.25) is 0 Å². The quantitative estimate of drug-likeness (QED) is 0.229. The molecule has 0 bridgehead atoms. The van der Waals surface area contributed by atoms with Gasteiger partial charge in [0.15, 0.2) is 0 Å². The maximum atomic E-state index is 9.92. The van der Waals surface area contributed by atoms with Crippen LogP contribution >= 0.6 is 0 Å². The molecule has 2 N–H and O–H groups in total. The number of aliphatic hydroxyl groups excluding tert-OH is 1. The molecule has 5 aromatic rings. The first-order valence-electron chi connectivity index (χ1n) is 14.4. The molecule has 2 unspecified atom stereocenters.